The lowest BCUT2D eigenvalue weighted by molar-refractivity contribution is 0.316. The van der Waals surface area contributed by atoms with E-state index in [2.05, 4.69) is 41.7 Å². The molecule has 2 atom stereocenters. The number of nitrogens with zero attached hydrogens (tertiary/aromatic N) is 1. The molecule has 2 aromatic rings. The molecule has 1 fully saturated rings. The van der Waals surface area contributed by atoms with Crippen LogP contribution in [-0.2, 0) is 0 Å². The van der Waals surface area contributed by atoms with Crippen molar-refractivity contribution in [2.45, 2.75) is 64.5 Å². The number of pyridine rings is 1. The minimum Gasteiger partial charge on any atom is -0.307 e. The third-order valence-electron chi connectivity index (χ3n) is 4.94. The topological polar surface area (TPSA) is 24.9 Å². The minimum absolute atomic E-state index is 0.377. The van der Waals surface area contributed by atoms with E-state index in [-0.39, 0.29) is 0 Å². The van der Waals surface area contributed by atoms with Crippen LogP contribution >= 0.6 is 11.3 Å². The molecule has 114 valence electrons. The number of rotatable bonds is 4. The first kappa shape index (κ1) is 15.0. The van der Waals surface area contributed by atoms with Crippen molar-refractivity contribution < 1.29 is 0 Å². The maximum Gasteiger partial charge on any atom is 0.0809 e. The van der Waals surface area contributed by atoms with Gasteiger partial charge in [0.1, 0.15) is 0 Å². The molecule has 1 unspecified atom stereocenters. The zero-order valence-electron chi connectivity index (χ0n) is 13.1. The van der Waals surface area contributed by atoms with Gasteiger partial charge in [-0.15, -0.1) is 11.3 Å². The Labute approximate surface area is 132 Å². The number of aromatic nitrogens is 1. The summed E-state index contributed by atoms with van der Waals surface area (Å²) in [4.78, 5) is 4.57. The second-order valence-corrected chi connectivity index (χ2v) is 7.45. The van der Waals surface area contributed by atoms with Crippen molar-refractivity contribution in [1.29, 1.82) is 0 Å². The molecule has 0 amide bonds. The summed E-state index contributed by atoms with van der Waals surface area (Å²) in [5.41, 5.74) is 2.43. The van der Waals surface area contributed by atoms with Gasteiger partial charge in [-0.25, -0.2) is 0 Å². The molecular formula is C18H26N2S. The molecule has 21 heavy (non-hydrogen) atoms. The molecule has 2 heterocycles. The molecule has 0 aliphatic heterocycles. The second kappa shape index (κ2) is 6.89. The van der Waals surface area contributed by atoms with Gasteiger partial charge in [-0.3, -0.25) is 4.98 Å². The summed E-state index contributed by atoms with van der Waals surface area (Å²) in [5.74, 6) is 0.841. The highest BCUT2D eigenvalue weighted by Gasteiger charge is 2.20. The lowest BCUT2D eigenvalue weighted by Crippen LogP contribution is -2.35. The maximum absolute atomic E-state index is 4.57. The van der Waals surface area contributed by atoms with Crippen LogP contribution < -0.4 is 5.32 Å². The minimum atomic E-state index is 0.377. The summed E-state index contributed by atoms with van der Waals surface area (Å²) in [7, 11) is 0. The van der Waals surface area contributed by atoms with Crippen LogP contribution in [0.1, 0.15) is 64.0 Å². The van der Waals surface area contributed by atoms with E-state index in [4.69, 9.17) is 0 Å². The molecule has 2 nitrogen and oxygen atoms in total. The smallest absolute Gasteiger partial charge is 0.0809 e. The molecule has 2 aromatic heterocycles. The SMILES string of the molecule is CC(N[C@H](C)C1CCCCCC1)c1cnc2ccsc2c1. The highest BCUT2D eigenvalue weighted by molar-refractivity contribution is 7.17. The lowest BCUT2D eigenvalue weighted by Gasteiger charge is -2.27. The van der Waals surface area contributed by atoms with E-state index in [1.165, 1.54) is 48.8 Å². The van der Waals surface area contributed by atoms with Gasteiger partial charge in [-0.05, 0) is 55.7 Å². The summed E-state index contributed by atoms with van der Waals surface area (Å²) in [6, 6.07) is 5.36. The summed E-state index contributed by atoms with van der Waals surface area (Å²) in [6.07, 6.45) is 10.5. The lowest BCUT2D eigenvalue weighted by atomic mass is 9.92. The molecule has 0 saturated heterocycles. The molecule has 0 radical (unpaired) electrons. The van der Waals surface area contributed by atoms with Crippen molar-refractivity contribution in [3.05, 3.63) is 29.3 Å². The van der Waals surface area contributed by atoms with Crippen LogP contribution in [0.3, 0.4) is 0 Å². The van der Waals surface area contributed by atoms with Crippen LogP contribution in [0.2, 0.25) is 0 Å². The van der Waals surface area contributed by atoms with Crippen molar-refractivity contribution >= 4 is 21.6 Å². The predicted molar refractivity (Wildman–Crippen MR) is 91.8 cm³/mol. The molecule has 0 bridgehead atoms. The van der Waals surface area contributed by atoms with Crippen molar-refractivity contribution in [2.24, 2.45) is 5.92 Å². The third-order valence-corrected chi connectivity index (χ3v) is 5.80. The Morgan fingerprint density at radius 1 is 1.19 bits per heavy atom. The molecule has 1 aliphatic carbocycles. The monoisotopic (exact) mass is 302 g/mol. The zero-order valence-corrected chi connectivity index (χ0v) is 14.0. The van der Waals surface area contributed by atoms with E-state index in [1.54, 1.807) is 11.3 Å². The third kappa shape index (κ3) is 3.64. The van der Waals surface area contributed by atoms with Gasteiger partial charge in [0.25, 0.3) is 0 Å². The van der Waals surface area contributed by atoms with E-state index in [0.717, 1.165) is 11.4 Å². The normalized spacial score (nSPS) is 20.3. The van der Waals surface area contributed by atoms with E-state index in [1.807, 2.05) is 6.20 Å². The Balaban J connectivity index is 1.65. The number of hydrogen-bond acceptors (Lipinski definition) is 3. The molecule has 3 heteroatoms. The molecule has 1 aliphatic rings. The van der Waals surface area contributed by atoms with Crippen LogP contribution in [0.25, 0.3) is 10.2 Å². The van der Waals surface area contributed by atoms with Crippen LogP contribution in [0.15, 0.2) is 23.7 Å². The highest BCUT2D eigenvalue weighted by atomic mass is 32.1. The second-order valence-electron chi connectivity index (χ2n) is 6.50. The van der Waals surface area contributed by atoms with Gasteiger partial charge in [0, 0.05) is 18.3 Å². The zero-order chi connectivity index (χ0) is 14.7. The quantitative estimate of drug-likeness (QED) is 0.775. The largest absolute Gasteiger partial charge is 0.307 e. The Kier molecular flexibility index (Phi) is 4.91. The van der Waals surface area contributed by atoms with Crippen molar-refractivity contribution in [1.82, 2.24) is 10.3 Å². The van der Waals surface area contributed by atoms with Crippen LogP contribution in [0.5, 0.6) is 0 Å². The van der Waals surface area contributed by atoms with E-state index in [9.17, 15) is 0 Å². The van der Waals surface area contributed by atoms with E-state index in [0.29, 0.717) is 12.1 Å². The summed E-state index contributed by atoms with van der Waals surface area (Å²) in [6.45, 7) is 4.63. The summed E-state index contributed by atoms with van der Waals surface area (Å²) in [5, 5.41) is 5.93. The Morgan fingerprint density at radius 2 is 1.95 bits per heavy atom. The molecule has 1 saturated carbocycles. The first-order chi connectivity index (χ1) is 10.2. The Hall–Kier alpha value is -0.930. The fourth-order valence-corrected chi connectivity index (χ4v) is 4.33. The summed E-state index contributed by atoms with van der Waals surface area (Å²) < 4.78 is 1.29. The number of hydrogen-bond donors (Lipinski definition) is 1. The van der Waals surface area contributed by atoms with Gasteiger partial charge in [0.05, 0.1) is 10.2 Å². The summed E-state index contributed by atoms with van der Waals surface area (Å²) >= 11 is 1.78. The highest BCUT2D eigenvalue weighted by Crippen LogP contribution is 2.28. The Bertz CT molecular complexity index is 569. The standard InChI is InChI=1S/C18H26N2S/c1-13(15-7-5-3-4-6-8-15)20-14(2)16-11-18-17(19-12-16)9-10-21-18/h9-15,20H,3-8H2,1-2H3/t13-,14?/m1/s1. The first-order valence-corrected chi connectivity index (χ1v) is 9.21. The van der Waals surface area contributed by atoms with Gasteiger partial charge < -0.3 is 5.32 Å². The van der Waals surface area contributed by atoms with Crippen LogP contribution in [-0.4, -0.2) is 11.0 Å². The average Bonchev–Trinajstić information content (AvgIpc) is 2.78. The maximum atomic E-state index is 4.57. The Morgan fingerprint density at radius 3 is 2.71 bits per heavy atom. The van der Waals surface area contributed by atoms with Crippen LogP contribution in [0, 0.1) is 5.92 Å². The molecule has 1 N–H and O–H groups in total. The van der Waals surface area contributed by atoms with E-state index < -0.39 is 0 Å². The number of fused-ring (bicyclic) bond motifs is 1. The molecule has 0 spiro atoms. The van der Waals surface area contributed by atoms with E-state index >= 15 is 0 Å². The molecular weight excluding hydrogens is 276 g/mol. The van der Waals surface area contributed by atoms with Crippen molar-refractivity contribution in [2.75, 3.05) is 0 Å². The van der Waals surface area contributed by atoms with Crippen molar-refractivity contribution in [3.63, 3.8) is 0 Å². The van der Waals surface area contributed by atoms with Gasteiger partial charge in [0.2, 0.25) is 0 Å². The fraction of sp³-hybridized carbons (Fsp3) is 0.611. The molecule has 0 aromatic carbocycles. The van der Waals surface area contributed by atoms with Gasteiger partial charge in [-0.2, -0.15) is 0 Å². The first-order valence-electron chi connectivity index (χ1n) is 8.33. The molecule has 3 rings (SSSR count). The van der Waals surface area contributed by atoms with Gasteiger partial charge in [0.15, 0.2) is 0 Å². The van der Waals surface area contributed by atoms with Crippen LogP contribution in [0.4, 0.5) is 0 Å². The number of thiophene rings is 1. The van der Waals surface area contributed by atoms with Gasteiger partial charge >= 0.3 is 0 Å². The van der Waals surface area contributed by atoms with Crippen molar-refractivity contribution in [3.8, 4) is 0 Å². The predicted octanol–water partition coefficient (Wildman–Crippen LogP) is 5.31. The number of nitrogens with one attached hydrogen (secondary N) is 1. The fourth-order valence-electron chi connectivity index (χ4n) is 3.54. The van der Waals surface area contributed by atoms with Gasteiger partial charge in [-0.1, -0.05) is 25.7 Å². The average molecular weight is 302 g/mol.